The van der Waals surface area contributed by atoms with E-state index in [0.29, 0.717) is 36.1 Å². The van der Waals surface area contributed by atoms with Crippen LogP contribution < -0.4 is 14.8 Å². The van der Waals surface area contributed by atoms with Crippen LogP contribution in [-0.4, -0.2) is 52.4 Å². The molecule has 3 aromatic rings. The summed E-state index contributed by atoms with van der Waals surface area (Å²) in [7, 11) is 1.61. The SMILES string of the molecule is COc1ccc(Oc2cc(C)nc([C@H]3CCN(C(=O)C(C)(C)NC(=O)c4ccccc4)C3)n2)cc1. The van der Waals surface area contributed by atoms with Gasteiger partial charge in [0.1, 0.15) is 22.9 Å². The first-order valence-electron chi connectivity index (χ1n) is 11.6. The van der Waals surface area contributed by atoms with E-state index in [4.69, 9.17) is 9.47 Å². The lowest BCUT2D eigenvalue weighted by Crippen LogP contribution is -2.55. The number of rotatable bonds is 7. The Kier molecular flexibility index (Phi) is 7.00. The van der Waals surface area contributed by atoms with Gasteiger partial charge >= 0.3 is 0 Å². The van der Waals surface area contributed by atoms with E-state index in [0.717, 1.165) is 17.9 Å². The summed E-state index contributed by atoms with van der Waals surface area (Å²) in [5.74, 6) is 2.07. The minimum Gasteiger partial charge on any atom is -0.497 e. The lowest BCUT2D eigenvalue weighted by atomic mass is 10.0. The third kappa shape index (κ3) is 5.77. The third-order valence-electron chi connectivity index (χ3n) is 5.97. The first-order valence-corrected chi connectivity index (χ1v) is 11.6. The standard InChI is InChI=1S/C27H30N4O4/c1-18-16-23(35-22-12-10-21(34-4)11-13-22)29-24(28-18)20-14-15-31(17-20)26(33)27(2,3)30-25(32)19-8-6-5-7-9-19/h5-13,16,20H,14-15,17H2,1-4H3,(H,30,32)/t20-/m0/s1. The molecule has 1 fully saturated rings. The maximum Gasteiger partial charge on any atom is 0.252 e. The van der Waals surface area contributed by atoms with Gasteiger partial charge in [-0.1, -0.05) is 18.2 Å². The summed E-state index contributed by atoms with van der Waals surface area (Å²) >= 11 is 0. The Morgan fingerprint density at radius 2 is 1.71 bits per heavy atom. The highest BCUT2D eigenvalue weighted by Crippen LogP contribution is 2.29. The van der Waals surface area contributed by atoms with Crippen molar-refractivity contribution in [2.24, 2.45) is 0 Å². The Morgan fingerprint density at radius 1 is 1.03 bits per heavy atom. The van der Waals surface area contributed by atoms with E-state index in [1.165, 1.54) is 0 Å². The molecule has 2 amide bonds. The summed E-state index contributed by atoms with van der Waals surface area (Å²) in [6.07, 6.45) is 0.736. The average Bonchev–Trinajstić information content (AvgIpc) is 3.34. The fourth-order valence-electron chi connectivity index (χ4n) is 4.11. The molecule has 1 aromatic heterocycles. The Hall–Kier alpha value is -3.94. The number of nitrogens with one attached hydrogen (secondary N) is 1. The molecule has 4 rings (SSSR count). The Balaban J connectivity index is 1.42. The molecule has 8 nitrogen and oxygen atoms in total. The van der Waals surface area contributed by atoms with Crippen LogP contribution in [0.1, 0.15) is 48.1 Å². The molecule has 1 aliphatic heterocycles. The average molecular weight is 475 g/mol. The van der Waals surface area contributed by atoms with Crippen LogP contribution in [0.15, 0.2) is 60.7 Å². The molecule has 0 radical (unpaired) electrons. The molecule has 0 unspecified atom stereocenters. The van der Waals surface area contributed by atoms with Gasteiger partial charge in [0.2, 0.25) is 11.8 Å². The first kappa shape index (κ1) is 24.2. The van der Waals surface area contributed by atoms with Gasteiger partial charge < -0.3 is 19.7 Å². The van der Waals surface area contributed by atoms with Crippen LogP contribution in [0, 0.1) is 6.92 Å². The second-order valence-electron chi connectivity index (χ2n) is 9.17. The molecule has 35 heavy (non-hydrogen) atoms. The highest BCUT2D eigenvalue weighted by molar-refractivity contribution is 5.99. The minimum absolute atomic E-state index is 0.0160. The lowest BCUT2D eigenvalue weighted by Gasteiger charge is -2.30. The minimum atomic E-state index is -1.04. The van der Waals surface area contributed by atoms with Crippen molar-refractivity contribution in [2.75, 3.05) is 20.2 Å². The number of aryl methyl sites for hydroxylation is 1. The van der Waals surface area contributed by atoms with Gasteiger partial charge in [0.15, 0.2) is 0 Å². The van der Waals surface area contributed by atoms with Gasteiger partial charge in [-0.05, 0) is 63.6 Å². The number of hydrogen-bond donors (Lipinski definition) is 1. The van der Waals surface area contributed by atoms with Crippen LogP contribution in [0.2, 0.25) is 0 Å². The smallest absolute Gasteiger partial charge is 0.252 e. The molecule has 182 valence electrons. The Bertz CT molecular complexity index is 1200. The zero-order valence-corrected chi connectivity index (χ0v) is 20.4. The van der Waals surface area contributed by atoms with Crippen LogP contribution in [-0.2, 0) is 4.79 Å². The van der Waals surface area contributed by atoms with Crippen molar-refractivity contribution in [3.05, 3.63) is 77.7 Å². The zero-order valence-electron chi connectivity index (χ0n) is 20.4. The molecule has 0 aliphatic carbocycles. The molecule has 1 N–H and O–H groups in total. The summed E-state index contributed by atoms with van der Waals surface area (Å²) in [5.41, 5.74) is 0.265. The van der Waals surface area contributed by atoms with Gasteiger partial charge in [0.05, 0.1) is 7.11 Å². The van der Waals surface area contributed by atoms with Crippen LogP contribution in [0.4, 0.5) is 0 Å². The molecule has 0 spiro atoms. The van der Waals surface area contributed by atoms with E-state index >= 15 is 0 Å². The molecule has 0 saturated carbocycles. The van der Waals surface area contributed by atoms with Gasteiger partial charge in [0.25, 0.3) is 5.91 Å². The van der Waals surface area contributed by atoms with Gasteiger partial charge in [0, 0.05) is 36.3 Å². The van der Waals surface area contributed by atoms with Crippen LogP contribution >= 0.6 is 0 Å². The highest BCUT2D eigenvalue weighted by atomic mass is 16.5. The Labute approximate surface area is 205 Å². The lowest BCUT2D eigenvalue weighted by molar-refractivity contribution is -0.135. The van der Waals surface area contributed by atoms with E-state index in [-0.39, 0.29) is 17.7 Å². The number of carbonyl (C=O) groups is 2. The summed E-state index contributed by atoms with van der Waals surface area (Å²) in [5, 5.41) is 2.87. The van der Waals surface area contributed by atoms with Crippen LogP contribution in [0.5, 0.6) is 17.4 Å². The van der Waals surface area contributed by atoms with Crippen molar-refractivity contribution in [2.45, 2.75) is 38.6 Å². The first-order chi connectivity index (χ1) is 16.7. The molecular formula is C27H30N4O4. The second-order valence-corrected chi connectivity index (χ2v) is 9.17. The third-order valence-corrected chi connectivity index (χ3v) is 5.97. The number of likely N-dealkylation sites (tertiary alicyclic amines) is 1. The highest BCUT2D eigenvalue weighted by Gasteiger charge is 2.38. The zero-order chi connectivity index (χ0) is 25.0. The van der Waals surface area contributed by atoms with Crippen LogP contribution in [0.3, 0.4) is 0 Å². The van der Waals surface area contributed by atoms with Crippen molar-refractivity contribution in [1.29, 1.82) is 0 Å². The maximum atomic E-state index is 13.3. The molecule has 2 aromatic carbocycles. The van der Waals surface area contributed by atoms with Crippen molar-refractivity contribution < 1.29 is 19.1 Å². The predicted molar refractivity (Wildman–Crippen MR) is 132 cm³/mol. The number of benzene rings is 2. The van der Waals surface area contributed by atoms with E-state index in [1.807, 2.05) is 37.3 Å². The summed E-state index contributed by atoms with van der Waals surface area (Å²) in [6, 6.07) is 17.9. The van der Waals surface area contributed by atoms with Gasteiger partial charge in [-0.2, -0.15) is 4.98 Å². The summed E-state index contributed by atoms with van der Waals surface area (Å²) in [4.78, 5) is 36.9. The summed E-state index contributed by atoms with van der Waals surface area (Å²) < 4.78 is 11.1. The number of carbonyl (C=O) groups excluding carboxylic acids is 2. The number of ether oxygens (including phenoxy) is 2. The van der Waals surface area contributed by atoms with Gasteiger partial charge in [-0.25, -0.2) is 4.98 Å². The molecular weight excluding hydrogens is 444 g/mol. The molecule has 0 bridgehead atoms. The number of amides is 2. The van der Waals surface area contributed by atoms with Crippen molar-refractivity contribution in [3.63, 3.8) is 0 Å². The maximum absolute atomic E-state index is 13.3. The number of aromatic nitrogens is 2. The van der Waals surface area contributed by atoms with Crippen molar-refractivity contribution >= 4 is 11.8 Å². The normalized spacial score (nSPS) is 15.5. The number of methoxy groups -OCH3 is 1. The Morgan fingerprint density at radius 3 is 2.40 bits per heavy atom. The van der Waals surface area contributed by atoms with E-state index in [2.05, 4.69) is 15.3 Å². The van der Waals surface area contributed by atoms with E-state index in [1.54, 1.807) is 56.2 Å². The van der Waals surface area contributed by atoms with E-state index < -0.39 is 5.54 Å². The summed E-state index contributed by atoms with van der Waals surface area (Å²) in [6.45, 7) is 6.40. The predicted octanol–water partition coefficient (Wildman–Crippen LogP) is 4.11. The number of hydrogen-bond acceptors (Lipinski definition) is 6. The van der Waals surface area contributed by atoms with Crippen molar-refractivity contribution in [1.82, 2.24) is 20.2 Å². The molecule has 1 atom stereocenters. The fraction of sp³-hybridized carbons (Fsp3) is 0.333. The molecule has 8 heteroatoms. The monoisotopic (exact) mass is 474 g/mol. The molecule has 1 saturated heterocycles. The quantitative estimate of drug-likeness (QED) is 0.554. The largest absolute Gasteiger partial charge is 0.497 e. The second kappa shape index (κ2) is 10.1. The van der Waals surface area contributed by atoms with Crippen molar-refractivity contribution in [3.8, 4) is 17.4 Å². The van der Waals surface area contributed by atoms with E-state index in [9.17, 15) is 9.59 Å². The molecule has 2 heterocycles. The topological polar surface area (TPSA) is 93.7 Å². The fourth-order valence-corrected chi connectivity index (χ4v) is 4.11. The van der Waals surface area contributed by atoms with Crippen LogP contribution in [0.25, 0.3) is 0 Å². The van der Waals surface area contributed by atoms with Gasteiger partial charge in [-0.15, -0.1) is 0 Å². The number of nitrogens with zero attached hydrogens (tertiary/aromatic N) is 3. The van der Waals surface area contributed by atoms with Gasteiger partial charge in [-0.3, -0.25) is 9.59 Å². The molecule has 1 aliphatic rings.